The van der Waals surface area contributed by atoms with Crippen LogP contribution in [0.4, 0.5) is 0 Å². The molecule has 1 atom stereocenters. The Morgan fingerprint density at radius 3 is 2.00 bits per heavy atom. The van der Waals surface area contributed by atoms with Crippen LogP contribution in [0.25, 0.3) is 21.5 Å². The molecule has 0 aliphatic rings. The largest absolute Gasteiger partial charge is 0.307 e. The molecule has 0 heterocycles. The molecule has 0 saturated heterocycles. The molecule has 0 N–H and O–H groups in total. The first-order chi connectivity index (χ1) is 11.3. The minimum absolute atomic E-state index is 0. The fourth-order valence-electron chi connectivity index (χ4n) is 2.65. The summed E-state index contributed by atoms with van der Waals surface area (Å²) in [5.74, 6) is 0.635. The van der Waals surface area contributed by atoms with Crippen LogP contribution in [0.2, 0.25) is 0 Å². The second-order valence-electron chi connectivity index (χ2n) is 4.85. The second kappa shape index (κ2) is 13.3. The van der Waals surface area contributed by atoms with Crippen molar-refractivity contribution in [1.82, 2.24) is 0 Å². The van der Waals surface area contributed by atoms with Gasteiger partial charge in [0.2, 0.25) is 0 Å². The molecule has 24 heavy (non-hydrogen) atoms. The zero-order valence-electron chi connectivity index (χ0n) is 14.1. The van der Waals surface area contributed by atoms with Crippen molar-refractivity contribution in [3.8, 4) is 0 Å². The number of benzene rings is 2. The van der Waals surface area contributed by atoms with E-state index in [-0.39, 0.29) is 17.1 Å². The molecule has 0 aromatic heterocycles. The molecule has 0 amide bonds. The Balaban J connectivity index is 0. The molecule has 3 aromatic rings. The van der Waals surface area contributed by atoms with Crippen LogP contribution in [0.15, 0.2) is 48.5 Å². The van der Waals surface area contributed by atoms with E-state index in [0.29, 0.717) is 5.92 Å². The summed E-state index contributed by atoms with van der Waals surface area (Å²) >= 11 is 0. The van der Waals surface area contributed by atoms with E-state index in [1.165, 1.54) is 33.5 Å². The van der Waals surface area contributed by atoms with Crippen molar-refractivity contribution in [3.05, 3.63) is 54.1 Å². The van der Waals surface area contributed by atoms with E-state index < -0.39 is 0 Å². The van der Waals surface area contributed by atoms with Crippen molar-refractivity contribution >= 4 is 41.9 Å². The van der Waals surface area contributed by atoms with Gasteiger partial charge in [0.15, 0.2) is 0 Å². The van der Waals surface area contributed by atoms with Gasteiger partial charge in [-0.1, -0.05) is 56.7 Å². The van der Waals surface area contributed by atoms with Crippen LogP contribution in [-0.2, 0) is 31.5 Å². The molecule has 0 bridgehead atoms. The van der Waals surface area contributed by atoms with Gasteiger partial charge in [0.25, 0.3) is 0 Å². The average molecular weight is 367 g/mol. The van der Waals surface area contributed by atoms with E-state index in [2.05, 4.69) is 62.4 Å². The molecular formula is C20H23FeO3-. The van der Waals surface area contributed by atoms with Crippen molar-refractivity contribution in [2.75, 3.05) is 0 Å². The van der Waals surface area contributed by atoms with Crippen LogP contribution < -0.4 is 0 Å². The molecule has 0 aliphatic heterocycles. The van der Waals surface area contributed by atoms with Crippen molar-refractivity contribution in [3.63, 3.8) is 0 Å². The first-order valence-corrected chi connectivity index (χ1v) is 7.25. The van der Waals surface area contributed by atoms with E-state index in [1.807, 2.05) is 20.4 Å². The summed E-state index contributed by atoms with van der Waals surface area (Å²) in [6.45, 7) is 10.6. The molecule has 4 heteroatoms. The molecule has 3 nitrogen and oxygen atoms in total. The molecule has 0 saturated carbocycles. The molecular weight excluding hydrogens is 344 g/mol. The monoisotopic (exact) mass is 367 g/mol. The molecule has 3 rings (SSSR count). The number of carbonyl (C=O) groups is 3. The number of fused-ring (bicyclic) bond motifs is 3. The Morgan fingerprint density at radius 2 is 1.42 bits per heavy atom. The normalized spacial score (nSPS) is 9.92. The fraction of sp³-hybridized carbons (Fsp3) is 0.200. The molecule has 0 fully saturated rings. The van der Waals surface area contributed by atoms with E-state index in [4.69, 9.17) is 14.4 Å². The van der Waals surface area contributed by atoms with Gasteiger partial charge in [0.05, 0.1) is 0 Å². The summed E-state index contributed by atoms with van der Waals surface area (Å²) in [6, 6.07) is 17.7. The first kappa shape index (κ1) is 24.1. The summed E-state index contributed by atoms with van der Waals surface area (Å²) in [4.78, 5) is 24.0. The van der Waals surface area contributed by atoms with Gasteiger partial charge < -0.3 is 14.4 Å². The number of hydrogen-bond donors (Lipinski definition) is 0. The molecule has 0 spiro atoms. The Morgan fingerprint density at radius 1 is 0.875 bits per heavy atom. The molecule has 130 valence electrons. The maximum absolute atomic E-state index is 8.00. The van der Waals surface area contributed by atoms with Gasteiger partial charge in [0, 0.05) is 17.1 Å². The van der Waals surface area contributed by atoms with Crippen LogP contribution in [0.3, 0.4) is 0 Å². The number of hydrogen-bond acceptors (Lipinski definition) is 3. The average Bonchev–Trinajstić information content (AvgIpc) is 3.05. The van der Waals surface area contributed by atoms with Gasteiger partial charge in [-0.25, -0.2) is 0 Å². The van der Waals surface area contributed by atoms with Crippen molar-refractivity contribution in [1.29, 1.82) is 0 Å². The van der Waals surface area contributed by atoms with Gasteiger partial charge in [-0.05, 0) is 5.92 Å². The summed E-state index contributed by atoms with van der Waals surface area (Å²) in [5, 5.41) is 5.58. The molecule has 0 radical (unpaired) electrons. The zero-order chi connectivity index (χ0) is 17.8. The van der Waals surface area contributed by atoms with Gasteiger partial charge in [-0.3, -0.25) is 0 Å². The number of carbonyl (C=O) groups excluding carboxylic acids is 3. The molecule has 3 aromatic carbocycles. The van der Waals surface area contributed by atoms with E-state index in [0.717, 1.165) is 0 Å². The van der Waals surface area contributed by atoms with E-state index in [9.17, 15) is 0 Å². The van der Waals surface area contributed by atoms with Crippen LogP contribution >= 0.6 is 0 Å². The predicted molar refractivity (Wildman–Crippen MR) is 97.1 cm³/mol. The summed E-state index contributed by atoms with van der Waals surface area (Å²) < 4.78 is 0. The maximum Gasteiger partial charge on any atom is 0.106 e. The van der Waals surface area contributed by atoms with E-state index >= 15 is 0 Å². The Kier molecular flexibility index (Phi) is 13.3. The minimum atomic E-state index is 0. The summed E-state index contributed by atoms with van der Waals surface area (Å²) in [6.07, 6.45) is 1.20. The fourth-order valence-corrected chi connectivity index (χ4v) is 2.65. The van der Waals surface area contributed by atoms with Gasteiger partial charge >= 0.3 is 0 Å². The third-order valence-corrected chi connectivity index (χ3v) is 3.83. The zero-order valence-corrected chi connectivity index (χ0v) is 15.2. The third kappa shape index (κ3) is 5.19. The van der Waals surface area contributed by atoms with Crippen molar-refractivity contribution in [2.24, 2.45) is 0 Å². The second-order valence-corrected chi connectivity index (χ2v) is 4.85. The number of rotatable bonds is 2. The Labute approximate surface area is 153 Å². The third-order valence-electron chi connectivity index (χ3n) is 3.83. The van der Waals surface area contributed by atoms with Crippen LogP contribution in [0.5, 0.6) is 0 Å². The Hall–Kier alpha value is -2.16. The van der Waals surface area contributed by atoms with Gasteiger partial charge in [-0.15, -0.1) is 39.2 Å². The summed E-state index contributed by atoms with van der Waals surface area (Å²) in [5.41, 5.74) is 1.49. The maximum atomic E-state index is 8.00. The van der Waals surface area contributed by atoms with E-state index in [1.54, 1.807) is 0 Å². The van der Waals surface area contributed by atoms with Crippen molar-refractivity contribution < 1.29 is 31.5 Å². The van der Waals surface area contributed by atoms with Crippen molar-refractivity contribution in [2.45, 2.75) is 26.2 Å². The molecule has 1 unspecified atom stereocenters. The van der Waals surface area contributed by atoms with Crippen LogP contribution in [0.1, 0.15) is 31.7 Å². The van der Waals surface area contributed by atoms with Crippen LogP contribution in [-0.4, -0.2) is 20.4 Å². The van der Waals surface area contributed by atoms with Gasteiger partial charge in [-0.2, -0.15) is 0 Å². The topological polar surface area (TPSA) is 51.2 Å². The summed E-state index contributed by atoms with van der Waals surface area (Å²) in [7, 11) is 0. The van der Waals surface area contributed by atoms with Crippen LogP contribution in [0, 0.1) is 0 Å². The van der Waals surface area contributed by atoms with Gasteiger partial charge in [0.1, 0.15) is 20.4 Å². The quantitative estimate of drug-likeness (QED) is 0.489. The standard InChI is InChI=1S/C17H17.3CH2O.Fe/c1-3-12(2)14-9-6-10-16-15-8-5-4-7-13(15)11-17(14)16;3*1-2;/h4-12H,3H2,1-2H3;3*1H2;/q-1;;;;. The SMILES string of the molecule is C=O.C=O.C=O.CCC(C)c1cccc2c1[cH-]c1ccccc12.[Fe]. The predicted octanol–water partition coefficient (Wildman–Crippen LogP) is 4.67. The molecule has 0 aliphatic carbocycles. The minimum Gasteiger partial charge on any atom is -0.307 e. The smallest absolute Gasteiger partial charge is 0.106 e. The first-order valence-electron chi connectivity index (χ1n) is 7.25. The Bertz CT molecular complexity index is 716.